The van der Waals surface area contributed by atoms with E-state index in [9.17, 15) is 0 Å². The van der Waals surface area contributed by atoms with E-state index in [0.29, 0.717) is 0 Å². The Morgan fingerprint density at radius 2 is 2.15 bits per heavy atom. The average molecular weight is 173 g/mol. The van der Waals surface area contributed by atoms with Crippen LogP contribution < -0.4 is 5.32 Å². The summed E-state index contributed by atoms with van der Waals surface area (Å²) >= 11 is 0. The third-order valence-corrected chi connectivity index (χ3v) is 2.06. The molecule has 0 aliphatic heterocycles. The third kappa shape index (κ3) is 1.33. The van der Waals surface area contributed by atoms with Crippen molar-refractivity contribution in [3.8, 4) is 0 Å². The van der Waals surface area contributed by atoms with Crippen molar-refractivity contribution in [2.24, 2.45) is 0 Å². The highest BCUT2D eigenvalue weighted by atomic mass is 15.1. The van der Waals surface area contributed by atoms with Gasteiger partial charge < -0.3 is 5.32 Å². The van der Waals surface area contributed by atoms with Gasteiger partial charge in [0.1, 0.15) is 0 Å². The summed E-state index contributed by atoms with van der Waals surface area (Å²) in [6, 6.07) is 6.13. The fourth-order valence-electron chi connectivity index (χ4n) is 1.37. The fraction of sp³-hybridized carbons (Fsp3) is 0.200. The maximum absolute atomic E-state index is 4.04. The monoisotopic (exact) mass is 173 g/mol. The molecule has 1 aromatic heterocycles. The number of fused-ring (bicyclic) bond motifs is 1. The van der Waals surface area contributed by atoms with Crippen LogP contribution in [0.25, 0.3) is 10.9 Å². The van der Waals surface area contributed by atoms with Crippen LogP contribution in [0.4, 0.5) is 5.69 Å². The molecule has 1 N–H and O–H groups in total. The lowest BCUT2D eigenvalue weighted by Gasteiger charge is -2.03. The molecule has 66 valence electrons. The van der Waals surface area contributed by atoms with Gasteiger partial charge in [-0.1, -0.05) is 11.6 Å². The molecule has 0 amide bonds. The van der Waals surface area contributed by atoms with Gasteiger partial charge in [-0.05, 0) is 19.1 Å². The number of anilines is 1. The largest absolute Gasteiger partial charge is 0.386 e. The van der Waals surface area contributed by atoms with Gasteiger partial charge >= 0.3 is 0 Å². The molecule has 3 nitrogen and oxygen atoms in total. The molecular weight excluding hydrogens is 162 g/mol. The number of rotatable bonds is 1. The lowest BCUT2D eigenvalue weighted by Crippen LogP contribution is -1.93. The molecule has 0 spiro atoms. The van der Waals surface area contributed by atoms with E-state index >= 15 is 0 Å². The SMILES string of the molecule is CNc1cnnc2ccc(C)cc12. The van der Waals surface area contributed by atoms with E-state index in [1.54, 1.807) is 6.20 Å². The van der Waals surface area contributed by atoms with Gasteiger partial charge in [-0.2, -0.15) is 10.2 Å². The quantitative estimate of drug-likeness (QED) is 0.716. The number of hydrogen-bond donors (Lipinski definition) is 1. The number of hydrogen-bond acceptors (Lipinski definition) is 3. The Kier molecular flexibility index (Phi) is 1.85. The minimum atomic E-state index is 0.928. The van der Waals surface area contributed by atoms with Crippen molar-refractivity contribution in [2.45, 2.75) is 6.92 Å². The van der Waals surface area contributed by atoms with Gasteiger partial charge in [0.2, 0.25) is 0 Å². The minimum absolute atomic E-state index is 0.928. The molecule has 1 aromatic carbocycles. The summed E-state index contributed by atoms with van der Waals surface area (Å²) in [5, 5.41) is 12.2. The van der Waals surface area contributed by atoms with Gasteiger partial charge in [0.25, 0.3) is 0 Å². The first kappa shape index (κ1) is 7.98. The molecule has 0 aliphatic rings. The van der Waals surface area contributed by atoms with Crippen molar-refractivity contribution in [2.75, 3.05) is 12.4 Å². The first-order valence-electron chi connectivity index (χ1n) is 4.21. The highest BCUT2D eigenvalue weighted by molar-refractivity contribution is 5.90. The fourth-order valence-corrected chi connectivity index (χ4v) is 1.37. The molecule has 0 bridgehead atoms. The molecule has 2 rings (SSSR count). The normalized spacial score (nSPS) is 10.3. The summed E-state index contributed by atoms with van der Waals surface area (Å²) in [4.78, 5) is 0. The van der Waals surface area contributed by atoms with Crippen LogP contribution in [-0.4, -0.2) is 17.2 Å². The van der Waals surface area contributed by atoms with Gasteiger partial charge in [-0.15, -0.1) is 0 Å². The Labute approximate surface area is 76.8 Å². The molecule has 0 aliphatic carbocycles. The minimum Gasteiger partial charge on any atom is -0.386 e. The van der Waals surface area contributed by atoms with E-state index < -0.39 is 0 Å². The number of benzene rings is 1. The molecule has 0 saturated carbocycles. The Balaban J connectivity index is 2.79. The number of nitrogens with zero attached hydrogens (tertiary/aromatic N) is 2. The molecule has 0 atom stereocenters. The molecular formula is C10H11N3. The van der Waals surface area contributed by atoms with Crippen LogP contribution in [0.1, 0.15) is 5.56 Å². The van der Waals surface area contributed by atoms with Crippen molar-refractivity contribution in [3.63, 3.8) is 0 Å². The van der Waals surface area contributed by atoms with Gasteiger partial charge in [-0.3, -0.25) is 0 Å². The predicted octanol–water partition coefficient (Wildman–Crippen LogP) is 1.98. The van der Waals surface area contributed by atoms with Crippen LogP contribution in [0.3, 0.4) is 0 Å². The standard InChI is InChI=1S/C10H11N3/c1-7-3-4-9-8(5-7)10(11-2)6-12-13-9/h3-6H,1-2H3,(H,11,13). The molecule has 0 saturated heterocycles. The van der Waals surface area contributed by atoms with Crippen molar-refractivity contribution in [1.29, 1.82) is 0 Å². The van der Waals surface area contributed by atoms with Crippen molar-refractivity contribution < 1.29 is 0 Å². The van der Waals surface area contributed by atoms with Crippen LogP contribution in [0.2, 0.25) is 0 Å². The first-order valence-corrected chi connectivity index (χ1v) is 4.21. The van der Waals surface area contributed by atoms with Gasteiger partial charge in [0.15, 0.2) is 0 Å². The highest BCUT2D eigenvalue weighted by Gasteiger charge is 2.00. The van der Waals surface area contributed by atoms with E-state index in [2.05, 4.69) is 28.5 Å². The molecule has 0 radical (unpaired) electrons. The number of aryl methyl sites for hydroxylation is 1. The Bertz CT molecular complexity index is 437. The molecule has 3 heteroatoms. The van der Waals surface area contributed by atoms with Crippen molar-refractivity contribution >= 4 is 16.6 Å². The van der Waals surface area contributed by atoms with Gasteiger partial charge in [-0.25, -0.2) is 0 Å². The second-order valence-electron chi connectivity index (χ2n) is 3.03. The summed E-state index contributed by atoms with van der Waals surface area (Å²) in [5.74, 6) is 0. The zero-order valence-corrected chi connectivity index (χ0v) is 7.70. The Morgan fingerprint density at radius 1 is 1.31 bits per heavy atom. The lowest BCUT2D eigenvalue weighted by atomic mass is 10.1. The maximum Gasteiger partial charge on any atom is 0.0950 e. The summed E-state index contributed by atoms with van der Waals surface area (Å²) in [6.45, 7) is 2.07. The molecule has 1 heterocycles. The molecule has 13 heavy (non-hydrogen) atoms. The van der Waals surface area contributed by atoms with E-state index in [1.807, 2.05) is 19.2 Å². The van der Waals surface area contributed by atoms with Crippen LogP contribution in [0.15, 0.2) is 24.4 Å². The zero-order valence-electron chi connectivity index (χ0n) is 7.70. The topological polar surface area (TPSA) is 37.8 Å². The Morgan fingerprint density at radius 3 is 2.92 bits per heavy atom. The summed E-state index contributed by atoms with van der Waals surface area (Å²) < 4.78 is 0. The van der Waals surface area contributed by atoms with Crippen LogP contribution in [0, 0.1) is 6.92 Å². The van der Waals surface area contributed by atoms with Crippen LogP contribution >= 0.6 is 0 Å². The van der Waals surface area contributed by atoms with E-state index in [0.717, 1.165) is 16.6 Å². The molecule has 2 aromatic rings. The number of aromatic nitrogens is 2. The summed E-state index contributed by atoms with van der Waals surface area (Å²) in [5.41, 5.74) is 3.18. The third-order valence-electron chi connectivity index (χ3n) is 2.06. The van der Waals surface area contributed by atoms with Crippen LogP contribution in [-0.2, 0) is 0 Å². The van der Waals surface area contributed by atoms with Crippen LogP contribution in [0.5, 0.6) is 0 Å². The second-order valence-corrected chi connectivity index (χ2v) is 3.03. The van der Waals surface area contributed by atoms with Gasteiger partial charge in [0, 0.05) is 12.4 Å². The van der Waals surface area contributed by atoms with Gasteiger partial charge in [0.05, 0.1) is 17.4 Å². The van der Waals surface area contributed by atoms with Crippen molar-refractivity contribution in [1.82, 2.24) is 10.2 Å². The highest BCUT2D eigenvalue weighted by Crippen LogP contribution is 2.20. The van der Waals surface area contributed by atoms with E-state index in [4.69, 9.17) is 0 Å². The maximum atomic E-state index is 4.04. The molecule has 0 unspecified atom stereocenters. The smallest absolute Gasteiger partial charge is 0.0950 e. The summed E-state index contributed by atoms with van der Waals surface area (Å²) in [6.07, 6.45) is 1.74. The van der Waals surface area contributed by atoms with E-state index in [-0.39, 0.29) is 0 Å². The average Bonchev–Trinajstić information content (AvgIpc) is 2.17. The second kappa shape index (κ2) is 3.01. The Hall–Kier alpha value is -1.64. The molecule has 0 fully saturated rings. The van der Waals surface area contributed by atoms with Crippen molar-refractivity contribution in [3.05, 3.63) is 30.0 Å². The number of nitrogens with one attached hydrogen (secondary N) is 1. The summed E-state index contributed by atoms with van der Waals surface area (Å²) in [7, 11) is 1.89. The first-order chi connectivity index (χ1) is 6.31. The van der Waals surface area contributed by atoms with E-state index in [1.165, 1.54) is 5.56 Å². The lowest BCUT2D eigenvalue weighted by molar-refractivity contribution is 1.07. The zero-order chi connectivity index (χ0) is 9.26. The predicted molar refractivity (Wildman–Crippen MR) is 53.8 cm³/mol.